The van der Waals surface area contributed by atoms with Crippen molar-refractivity contribution in [2.45, 2.75) is 11.8 Å². The Balaban J connectivity index is 1.70. The molecule has 4 rings (SSSR count). The fraction of sp³-hybridized carbons (Fsp3) is 0.105. The zero-order valence-electron chi connectivity index (χ0n) is 14.4. The summed E-state index contributed by atoms with van der Waals surface area (Å²) in [6.45, 7) is 1.13. The number of sulfonamides is 1. The summed E-state index contributed by atoms with van der Waals surface area (Å²) in [7, 11) is -4.05. The van der Waals surface area contributed by atoms with Crippen LogP contribution in [0.2, 0.25) is 0 Å². The van der Waals surface area contributed by atoms with Crippen LogP contribution in [0.5, 0.6) is 0 Å². The van der Waals surface area contributed by atoms with Crippen molar-refractivity contribution in [2.24, 2.45) is 0 Å². The molecule has 0 fully saturated rings. The van der Waals surface area contributed by atoms with E-state index in [0.717, 1.165) is 10.2 Å². The Morgan fingerprint density at radius 1 is 1.04 bits per heavy atom. The van der Waals surface area contributed by atoms with Crippen molar-refractivity contribution in [1.82, 2.24) is 14.1 Å². The molecule has 7 nitrogen and oxygen atoms in total. The maximum atomic E-state index is 12.8. The van der Waals surface area contributed by atoms with Crippen LogP contribution in [0.15, 0.2) is 65.6 Å². The van der Waals surface area contributed by atoms with Gasteiger partial charge in [0.25, 0.3) is 21.8 Å². The minimum atomic E-state index is -4.05. The SMILES string of the molecule is Cc1cc(-c2ccccc2)n(C(=O)CN2C(=O)c3ccccc3S2(=O)=O)n1. The Bertz CT molecular complexity index is 1170. The Hall–Kier alpha value is -3.26. The van der Waals surface area contributed by atoms with Crippen molar-refractivity contribution in [3.63, 3.8) is 0 Å². The predicted molar refractivity (Wildman–Crippen MR) is 97.7 cm³/mol. The van der Waals surface area contributed by atoms with Crippen LogP contribution >= 0.6 is 0 Å². The van der Waals surface area contributed by atoms with E-state index in [4.69, 9.17) is 0 Å². The molecule has 0 atom stereocenters. The number of hydrogen-bond acceptors (Lipinski definition) is 5. The Morgan fingerprint density at radius 2 is 1.70 bits per heavy atom. The molecule has 0 unspecified atom stereocenters. The molecule has 3 aromatic rings. The van der Waals surface area contributed by atoms with Gasteiger partial charge in [0, 0.05) is 5.56 Å². The third-order valence-electron chi connectivity index (χ3n) is 4.33. The summed E-state index contributed by atoms with van der Waals surface area (Å²) in [5.41, 5.74) is 2.00. The number of aromatic nitrogens is 2. The van der Waals surface area contributed by atoms with Crippen molar-refractivity contribution in [3.8, 4) is 11.3 Å². The lowest BCUT2D eigenvalue weighted by Crippen LogP contribution is -2.37. The van der Waals surface area contributed by atoms with Crippen LogP contribution in [0, 0.1) is 6.92 Å². The lowest BCUT2D eigenvalue weighted by molar-refractivity contribution is 0.0779. The molecule has 1 amide bonds. The van der Waals surface area contributed by atoms with Gasteiger partial charge in [-0.3, -0.25) is 9.59 Å². The summed E-state index contributed by atoms with van der Waals surface area (Å²) in [6.07, 6.45) is 0. The van der Waals surface area contributed by atoms with E-state index in [-0.39, 0.29) is 10.5 Å². The predicted octanol–water partition coefficient (Wildman–Crippen LogP) is 2.34. The first-order chi connectivity index (χ1) is 12.9. The van der Waals surface area contributed by atoms with Crippen molar-refractivity contribution in [1.29, 1.82) is 0 Å². The average molecular weight is 381 g/mol. The topological polar surface area (TPSA) is 89.3 Å². The van der Waals surface area contributed by atoms with E-state index in [1.807, 2.05) is 30.3 Å². The monoisotopic (exact) mass is 381 g/mol. The largest absolute Gasteiger partial charge is 0.270 e. The minimum absolute atomic E-state index is 0.0743. The van der Waals surface area contributed by atoms with Crippen LogP contribution in [-0.4, -0.2) is 40.9 Å². The second kappa shape index (κ2) is 6.17. The fourth-order valence-electron chi connectivity index (χ4n) is 3.08. The van der Waals surface area contributed by atoms with Crippen molar-refractivity contribution < 1.29 is 18.0 Å². The Kier molecular flexibility index (Phi) is 3.92. The number of aryl methyl sites for hydroxylation is 1. The van der Waals surface area contributed by atoms with E-state index >= 15 is 0 Å². The summed E-state index contributed by atoms with van der Waals surface area (Å²) < 4.78 is 27.0. The zero-order chi connectivity index (χ0) is 19.2. The fourth-order valence-corrected chi connectivity index (χ4v) is 4.60. The van der Waals surface area contributed by atoms with Gasteiger partial charge in [0.1, 0.15) is 11.4 Å². The Morgan fingerprint density at radius 3 is 2.41 bits per heavy atom. The molecule has 2 aromatic carbocycles. The van der Waals surface area contributed by atoms with Crippen LogP contribution in [0.25, 0.3) is 11.3 Å². The van der Waals surface area contributed by atoms with Crippen molar-refractivity contribution in [2.75, 3.05) is 6.54 Å². The molecule has 1 aliphatic rings. The number of nitrogens with zero attached hydrogens (tertiary/aromatic N) is 3. The lowest BCUT2D eigenvalue weighted by atomic mass is 10.1. The molecule has 1 aromatic heterocycles. The van der Waals surface area contributed by atoms with Gasteiger partial charge in [-0.05, 0) is 25.1 Å². The molecule has 0 saturated heterocycles. The highest BCUT2D eigenvalue weighted by molar-refractivity contribution is 7.90. The number of rotatable bonds is 3. The summed E-state index contributed by atoms with van der Waals surface area (Å²) in [5.74, 6) is -1.31. The van der Waals surface area contributed by atoms with Crippen LogP contribution < -0.4 is 0 Å². The summed E-state index contributed by atoms with van der Waals surface area (Å²) in [4.78, 5) is 25.3. The van der Waals surface area contributed by atoms with Gasteiger partial charge in [-0.1, -0.05) is 42.5 Å². The van der Waals surface area contributed by atoms with Gasteiger partial charge in [0.2, 0.25) is 0 Å². The number of carbonyl (C=O) groups excluding carboxylic acids is 2. The second-order valence-corrected chi connectivity index (χ2v) is 7.99. The first-order valence-electron chi connectivity index (χ1n) is 8.21. The van der Waals surface area contributed by atoms with Gasteiger partial charge >= 0.3 is 0 Å². The number of carbonyl (C=O) groups is 2. The second-order valence-electron chi connectivity index (χ2n) is 6.16. The number of fused-ring (bicyclic) bond motifs is 1. The maximum absolute atomic E-state index is 12.8. The molecule has 2 heterocycles. The molecule has 0 bridgehead atoms. The average Bonchev–Trinajstić information content (AvgIpc) is 3.15. The van der Waals surface area contributed by atoms with Gasteiger partial charge in [-0.25, -0.2) is 12.7 Å². The maximum Gasteiger partial charge on any atom is 0.269 e. The van der Waals surface area contributed by atoms with Gasteiger partial charge in [-0.15, -0.1) is 0 Å². The number of amides is 1. The summed E-state index contributed by atoms with van der Waals surface area (Å²) in [6, 6.07) is 16.8. The molecule has 136 valence electrons. The molecule has 8 heteroatoms. The van der Waals surface area contributed by atoms with Crippen LogP contribution in [-0.2, 0) is 10.0 Å². The smallest absolute Gasteiger partial charge is 0.269 e. The normalized spacial score (nSPS) is 15.0. The standard InChI is InChI=1S/C19H15N3O4S/c1-13-11-16(14-7-3-2-4-8-14)22(20-13)18(23)12-21-19(24)15-9-5-6-10-17(15)27(21,25)26/h2-11H,12H2,1H3. The van der Waals surface area contributed by atoms with Crippen LogP contribution in [0.1, 0.15) is 20.8 Å². The van der Waals surface area contributed by atoms with Gasteiger partial charge in [0.15, 0.2) is 0 Å². The number of benzene rings is 2. The van der Waals surface area contributed by atoms with Gasteiger partial charge in [-0.2, -0.15) is 9.78 Å². The molecule has 0 spiro atoms. The molecule has 1 aliphatic heterocycles. The van der Waals surface area contributed by atoms with E-state index in [2.05, 4.69) is 5.10 Å². The van der Waals surface area contributed by atoms with Crippen LogP contribution in [0.3, 0.4) is 0 Å². The van der Waals surface area contributed by atoms with E-state index in [1.165, 1.54) is 12.1 Å². The number of hydrogen-bond donors (Lipinski definition) is 0. The molecule has 0 N–H and O–H groups in total. The van der Waals surface area contributed by atoms with Crippen LogP contribution in [0.4, 0.5) is 0 Å². The molecule has 0 aliphatic carbocycles. The quantitative estimate of drug-likeness (QED) is 0.695. The van der Waals surface area contributed by atoms with E-state index in [1.54, 1.807) is 25.1 Å². The highest BCUT2D eigenvalue weighted by atomic mass is 32.2. The van der Waals surface area contributed by atoms with E-state index < -0.39 is 28.4 Å². The molecule has 0 saturated carbocycles. The molecule has 0 radical (unpaired) electrons. The van der Waals surface area contributed by atoms with E-state index in [9.17, 15) is 18.0 Å². The third kappa shape index (κ3) is 2.74. The minimum Gasteiger partial charge on any atom is -0.270 e. The zero-order valence-corrected chi connectivity index (χ0v) is 15.2. The molecule has 27 heavy (non-hydrogen) atoms. The van der Waals surface area contributed by atoms with Crippen molar-refractivity contribution in [3.05, 3.63) is 71.9 Å². The van der Waals surface area contributed by atoms with Gasteiger partial charge < -0.3 is 0 Å². The van der Waals surface area contributed by atoms with E-state index in [0.29, 0.717) is 15.7 Å². The molecular weight excluding hydrogens is 366 g/mol. The highest BCUT2D eigenvalue weighted by Gasteiger charge is 2.42. The third-order valence-corrected chi connectivity index (χ3v) is 6.12. The molecular formula is C19H15N3O4S. The first kappa shape index (κ1) is 17.2. The summed E-state index contributed by atoms with van der Waals surface area (Å²) in [5, 5.41) is 4.19. The Labute approximate surface area is 155 Å². The lowest BCUT2D eigenvalue weighted by Gasteiger charge is -2.15. The first-order valence-corrected chi connectivity index (χ1v) is 9.65. The van der Waals surface area contributed by atoms with Gasteiger partial charge in [0.05, 0.1) is 17.0 Å². The highest BCUT2D eigenvalue weighted by Crippen LogP contribution is 2.30. The summed E-state index contributed by atoms with van der Waals surface area (Å²) >= 11 is 0. The van der Waals surface area contributed by atoms with Crippen molar-refractivity contribution >= 4 is 21.8 Å².